The second-order valence-electron chi connectivity index (χ2n) is 6.36. The number of hydrogen-bond acceptors (Lipinski definition) is 4. The number of unbranched alkanes of at least 4 members (excludes halogenated alkanes) is 4. The smallest absolute Gasteiger partial charge is 0.410 e. The fraction of sp³-hybridized carbons (Fsp3) is 0.941. The van der Waals surface area contributed by atoms with E-state index in [9.17, 15) is 9.90 Å². The van der Waals surface area contributed by atoms with E-state index in [2.05, 4.69) is 26.5 Å². The Morgan fingerprint density at radius 3 is 2.45 bits per heavy atom. The number of likely N-dealkylation sites (tertiary alicyclic amines) is 1. The lowest BCUT2D eigenvalue weighted by Gasteiger charge is -2.31. The van der Waals surface area contributed by atoms with Crippen LogP contribution < -0.4 is 0 Å². The number of hydrogen-bond donors (Lipinski definition) is 2. The van der Waals surface area contributed by atoms with Crippen molar-refractivity contribution in [2.24, 2.45) is 5.92 Å². The summed E-state index contributed by atoms with van der Waals surface area (Å²) in [4.78, 5) is 13.8. The Bertz CT molecular complexity index is 306. The van der Waals surface area contributed by atoms with Crippen molar-refractivity contribution in [2.75, 3.05) is 13.1 Å². The third-order valence-corrected chi connectivity index (χ3v) is 5.08. The highest BCUT2D eigenvalue weighted by Gasteiger charge is 2.26. The van der Waals surface area contributed by atoms with E-state index >= 15 is 0 Å². The fourth-order valence-electron chi connectivity index (χ4n) is 2.88. The van der Waals surface area contributed by atoms with E-state index < -0.39 is 0 Å². The zero-order chi connectivity index (χ0) is 16.4. The molecule has 2 atom stereocenters. The van der Waals surface area contributed by atoms with Crippen molar-refractivity contribution in [1.82, 2.24) is 4.90 Å². The summed E-state index contributed by atoms with van der Waals surface area (Å²) in [6.07, 6.45) is 9.06. The minimum absolute atomic E-state index is 0.276. The number of ether oxygens (including phenoxy) is 1. The molecule has 1 aliphatic rings. The monoisotopic (exact) mass is 331 g/mol. The maximum Gasteiger partial charge on any atom is 0.410 e. The molecule has 1 aliphatic heterocycles. The summed E-state index contributed by atoms with van der Waals surface area (Å²) >= 11 is 4.51. The largest absolute Gasteiger partial charge is 0.435 e. The third kappa shape index (κ3) is 7.23. The van der Waals surface area contributed by atoms with Gasteiger partial charge in [-0.25, -0.2) is 4.79 Å². The molecule has 1 N–H and O–H groups in total. The molecule has 5 heteroatoms. The van der Waals surface area contributed by atoms with Crippen LogP contribution in [0, 0.1) is 5.92 Å². The average Bonchev–Trinajstić information content (AvgIpc) is 2.51. The normalized spacial score (nSPS) is 19.0. The highest BCUT2D eigenvalue weighted by molar-refractivity contribution is 7.80. The first-order valence-electron chi connectivity index (χ1n) is 8.90. The summed E-state index contributed by atoms with van der Waals surface area (Å²) in [6.45, 7) is 5.51. The van der Waals surface area contributed by atoms with Crippen molar-refractivity contribution in [2.45, 2.75) is 83.2 Å². The number of carbonyl (C=O) groups is 1. The van der Waals surface area contributed by atoms with E-state index in [0.717, 1.165) is 12.8 Å². The van der Waals surface area contributed by atoms with Crippen LogP contribution >= 0.6 is 12.6 Å². The van der Waals surface area contributed by atoms with Gasteiger partial charge in [-0.3, -0.25) is 0 Å². The second-order valence-corrected chi connectivity index (χ2v) is 6.87. The van der Waals surface area contributed by atoms with Gasteiger partial charge in [-0.05, 0) is 25.7 Å². The molecule has 0 radical (unpaired) electrons. The van der Waals surface area contributed by atoms with Crippen LogP contribution in [0.1, 0.15) is 71.6 Å². The van der Waals surface area contributed by atoms with Gasteiger partial charge in [0, 0.05) is 19.0 Å². The minimum atomic E-state index is -0.324. The van der Waals surface area contributed by atoms with E-state index in [1.54, 1.807) is 4.90 Å². The number of carbonyl (C=O) groups excluding carboxylic acids is 1. The van der Waals surface area contributed by atoms with E-state index in [0.29, 0.717) is 31.8 Å². The molecule has 0 saturated carbocycles. The van der Waals surface area contributed by atoms with Gasteiger partial charge in [0.2, 0.25) is 0 Å². The highest BCUT2D eigenvalue weighted by atomic mass is 32.1. The summed E-state index contributed by atoms with van der Waals surface area (Å²) in [5.74, 6) is 0.323. The lowest BCUT2D eigenvalue weighted by Crippen LogP contribution is -2.41. The molecule has 0 aromatic rings. The summed E-state index contributed by atoms with van der Waals surface area (Å²) in [6, 6.07) is 0. The number of aliphatic hydroxyl groups excluding tert-OH is 1. The van der Waals surface area contributed by atoms with Gasteiger partial charge in [-0.2, -0.15) is 0 Å². The van der Waals surface area contributed by atoms with Crippen LogP contribution in [0.3, 0.4) is 0 Å². The van der Waals surface area contributed by atoms with Gasteiger partial charge in [0.15, 0.2) is 0 Å². The maximum atomic E-state index is 12.1. The molecule has 22 heavy (non-hydrogen) atoms. The lowest BCUT2D eigenvalue weighted by atomic mass is 9.98. The highest BCUT2D eigenvalue weighted by Crippen LogP contribution is 2.24. The van der Waals surface area contributed by atoms with Gasteiger partial charge in [0.1, 0.15) is 5.44 Å². The number of aliphatic hydroxyl groups is 1. The van der Waals surface area contributed by atoms with Crippen LogP contribution in [0.2, 0.25) is 0 Å². The number of nitrogens with zero attached hydrogens (tertiary/aromatic N) is 1. The van der Waals surface area contributed by atoms with Gasteiger partial charge >= 0.3 is 6.09 Å². The van der Waals surface area contributed by atoms with E-state index in [-0.39, 0.29) is 17.6 Å². The van der Waals surface area contributed by atoms with E-state index in [4.69, 9.17) is 4.74 Å². The van der Waals surface area contributed by atoms with Gasteiger partial charge in [-0.1, -0.05) is 46.0 Å². The summed E-state index contributed by atoms with van der Waals surface area (Å²) in [7, 11) is 0. The zero-order valence-corrected chi connectivity index (χ0v) is 15.1. The predicted molar refractivity (Wildman–Crippen MR) is 93.2 cm³/mol. The van der Waals surface area contributed by atoms with E-state index in [1.807, 2.05) is 0 Å². The van der Waals surface area contributed by atoms with Crippen LogP contribution in [0.15, 0.2) is 0 Å². The molecule has 0 aromatic carbocycles. The Hall–Kier alpha value is -0.420. The van der Waals surface area contributed by atoms with Crippen LogP contribution in [0.5, 0.6) is 0 Å². The molecular weight excluding hydrogens is 298 g/mol. The first-order valence-corrected chi connectivity index (χ1v) is 9.41. The SMILES string of the molecule is CCCCCCCC(CC)C(S)OC(=O)N1CCC(O)CC1. The van der Waals surface area contributed by atoms with Crippen molar-refractivity contribution in [3.8, 4) is 0 Å². The van der Waals surface area contributed by atoms with Crippen molar-refractivity contribution >= 4 is 18.7 Å². The third-order valence-electron chi connectivity index (χ3n) is 4.55. The van der Waals surface area contributed by atoms with Crippen molar-refractivity contribution < 1.29 is 14.6 Å². The first kappa shape index (κ1) is 19.6. The maximum absolute atomic E-state index is 12.1. The Balaban J connectivity index is 2.27. The summed E-state index contributed by atoms with van der Waals surface area (Å²) in [5, 5.41) is 9.48. The molecule has 0 spiro atoms. The molecule has 1 heterocycles. The number of amides is 1. The second kappa shape index (κ2) is 11.2. The molecule has 1 amide bonds. The van der Waals surface area contributed by atoms with Crippen LogP contribution in [-0.4, -0.2) is 40.7 Å². The lowest BCUT2D eigenvalue weighted by molar-refractivity contribution is 0.0432. The molecule has 0 bridgehead atoms. The molecular formula is C17H33NO3S. The molecule has 2 unspecified atom stereocenters. The van der Waals surface area contributed by atoms with Gasteiger partial charge in [0.05, 0.1) is 6.10 Å². The predicted octanol–water partition coefficient (Wildman–Crippen LogP) is 4.22. The van der Waals surface area contributed by atoms with Crippen LogP contribution in [0.25, 0.3) is 0 Å². The standard InChI is InChI=1S/C17H33NO3S/c1-3-5-6-7-8-9-14(4-2)16(22)21-17(20)18-12-10-15(19)11-13-18/h14-16,19,22H,3-13H2,1-2H3. The van der Waals surface area contributed by atoms with E-state index in [1.165, 1.54) is 32.1 Å². The number of thiol groups is 1. The Morgan fingerprint density at radius 2 is 1.86 bits per heavy atom. The molecule has 1 fully saturated rings. The molecule has 1 saturated heterocycles. The van der Waals surface area contributed by atoms with Gasteiger partial charge in [-0.15, -0.1) is 12.6 Å². The molecule has 0 aliphatic carbocycles. The van der Waals surface area contributed by atoms with Gasteiger partial charge < -0.3 is 14.7 Å². The molecule has 0 aromatic heterocycles. The van der Waals surface area contributed by atoms with Gasteiger partial charge in [0.25, 0.3) is 0 Å². The van der Waals surface area contributed by atoms with Crippen molar-refractivity contribution in [3.63, 3.8) is 0 Å². The summed E-state index contributed by atoms with van der Waals surface area (Å²) < 4.78 is 5.53. The number of rotatable bonds is 9. The van der Waals surface area contributed by atoms with Crippen molar-refractivity contribution in [1.29, 1.82) is 0 Å². The summed E-state index contributed by atoms with van der Waals surface area (Å²) in [5.41, 5.74) is -0.324. The Morgan fingerprint density at radius 1 is 1.23 bits per heavy atom. The topological polar surface area (TPSA) is 49.8 Å². The minimum Gasteiger partial charge on any atom is -0.435 e. The van der Waals surface area contributed by atoms with Crippen LogP contribution in [0.4, 0.5) is 4.79 Å². The molecule has 130 valence electrons. The molecule has 1 rings (SSSR count). The molecule has 4 nitrogen and oxygen atoms in total. The average molecular weight is 332 g/mol. The zero-order valence-electron chi connectivity index (χ0n) is 14.2. The quantitative estimate of drug-likeness (QED) is 0.378. The Labute approximate surface area is 141 Å². The first-order chi connectivity index (χ1) is 10.6. The van der Waals surface area contributed by atoms with Crippen LogP contribution in [-0.2, 0) is 4.74 Å². The van der Waals surface area contributed by atoms with Crippen molar-refractivity contribution in [3.05, 3.63) is 0 Å². The number of piperidine rings is 1. The Kier molecular flexibility index (Phi) is 9.96. The fourth-order valence-corrected chi connectivity index (χ4v) is 3.33.